The van der Waals surface area contributed by atoms with Gasteiger partial charge in [-0.05, 0) is 49.9 Å². The first-order chi connectivity index (χ1) is 9.44. The Morgan fingerprint density at radius 2 is 1.95 bits per heavy atom. The zero-order valence-electron chi connectivity index (χ0n) is 12.2. The fraction of sp³-hybridized carbons (Fsp3) is 0.571. The Balaban J connectivity index is 2.20. The second-order valence-corrected chi connectivity index (χ2v) is 6.88. The smallest absolute Gasteiger partial charge is 0.241 e. The highest BCUT2D eigenvalue weighted by Gasteiger charge is 2.23. The summed E-state index contributed by atoms with van der Waals surface area (Å²) >= 11 is 0. The van der Waals surface area contributed by atoms with Crippen molar-refractivity contribution >= 4 is 15.7 Å². The molecule has 1 fully saturated rings. The van der Waals surface area contributed by atoms with Crippen LogP contribution in [0, 0.1) is 13.8 Å². The minimum atomic E-state index is -3.49. The van der Waals surface area contributed by atoms with Crippen molar-refractivity contribution < 1.29 is 13.2 Å². The van der Waals surface area contributed by atoms with Crippen LogP contribution in [0.5, 0.6) is 0 Å². The number of aryl methyl sites for hydroxylation is 2. The lowest BCUT2D eigenvalue weighted by Gasteiger charge is -2.15. The quantitative estimate of drug-likeness (QED) is 0.870. The maximum atomic E-state index is 12.4. The Labute approximate surface area is 120 Å². The van der Waals surface area contributed by atoms with Gasteiger partial charge in [0.2, 0.25) is 10.0 Å². The molecule has 1 saturated heterocycles. The van der Waals surface area contributed by atoms with Gasteiger partial charge >= 0.3 is 0 Å². The van der Waals surface area contributed by atoms with E-state index in [-0.39, 0.29) is 6.10 Å². The van der Waals surface area contributed by atoms with E-state index in [1.807, 2.05) is 33.0 Å². The van der Waals surface area contributed by atoms with Crippen molar-refractivity contribution in [2.45, 2.75) is 37.7 Å². The van der Waals surface area contributed by atoms with E-state index >= 15 is 0 Å². The van der Waals surface area contributed by atoms with Gasteiger partial charge in [0.05, 0.1) is 11.0 Å². The normalized spacial score (nSPS) is 19.2. The number of hydrogen-bond acceptors (Lipinski definition) is 4. The molecule has 2 N–H and O–H groups in total. The molecule has 6 heteroatoms. The predicted molar refractivity (Wildman–Crippen MR) is 79.6 cm³/mol. The molecule has 1 unspecified atom stereocenters. The first-order valence-electron chi connectivity index (χ1n) is 6.84. The minimum absolute atomic E-state index is 0.00182. The third-order valence-electron chi connectivity index (χ3n) is 3.54. The van der Waals surface area contributed by atoms with Gasteiger partial charge in [-0.1, -0.05) is 0 Å². The minimum Gasteiger partial charge on any atom is -0.388 e. The van der Waals surface area contributed by atoms with Crippen LogP contribution in [0.2, 0.25) is 0 Å². The summed E-state index contributed by atoms with van der Waals surface area (Å²) in [4.78, 5) is 0.370. The second-order valence-electron chi connectivity index (χ2n) is 5.18. The summed E-state index contributed by atoms with van der Waals surface area (Å²) in [6.45, 7) is 4.69. The van der Waals surface area contributed by atoms with Crippen molar-refractivity contribution in [3.05, 3.63) is 23.3 Å². The molecule has 1 aliphatic heterocycles. The van der Waals surface area contributed by atoms with Gasteiger partial charge in [-0.15, -0.1) is 0 Å². The summed E-state index contributed by atoms with van der Waals surface area (Å²) < 4.78 is 33.0. The van der Waals surface area contributed by atoms with Crippen LogP contribution in [0.4, 0.5) is 5.69 Å². The summed E-state index contributed by atoms with van der Waals surface area (Å²) in [6, 6.07) is 3.68. The summed E-state index contributed by atoms with van der Waals surface area (Å²) in [5.74, 6) is 0. The van der Waals surface area contributed by atoms with Crippen LogP contribution < -0.4 is 10.0 Å². The van der Waals surface area contributed by atoms with E-state index in [1.165, 1.54) is 0 Å². The molecule has 2 rings (SSSR count). The Kier molecular flexibility index (Phi) is 4.67. The largest absolute Gasteiger partial charge is 0.388 e. The number of hydrogen-bond donors (Lipinski definition) is 2. The van der Waals surface area contributed by atoms with Crippen molar-refractivity contribution in [1.29, 1.82) is 0 Å². The zero-order chi connectivity index (χ0) is 14.8. The Bertz CT molecular complexity index is 555. The maximum Gasteiger partial charge on any atom is 0.241 e. The molecule has 1 aromatic carbocycles. The molecule has 1 atom stereocenters. The summed E-state index contributed by atoms with van der Waals surface area (Å²) in [7, 11) is -1.67. The lowest BCUT2D eigenvalue weighted by molar-refractivity contribution is 0.114. The van der Waals surface area contributed by atoms with E-state index in [0.717, 1.165) is 36.3 Å². The van der Waals surface area contributed by atoms with Gasteiger partial charge in [-0.25, -0.2) is 13.1 Å². The lowest BCUT2D eigenvalue weighted by atomic mass is 10.1. The van der Waals surface area contributed by atoms with Gasteiger partial charge in [0, 0.05) is 25.9 Å². The van der Waals surface area contributed by atoms with Crippen LogP contribution in [0.3, 0.4) is 0 Å². The van der Waals surface area contributed by atoms with E-state index in [4.69, 9.17) is 4.74 Å². The molecule has 1 heterocycles. The molecule has 0 aliphatic carbocycles. The second kappa shape index (κ2) is 6.11. The Morgan fingerprint density at radius 3 is 2.45 bits per heavy atom. The average molecular weight is 298 g/mol. The number of sulfonamides is 1. The number of rotatable bonds is 5. The molecule has 5 nitrogen and oxygen atoms in total. The van der Waals surface area contributed by atoms with Crippen LogP contribution in [-0.2, 0) is 14.8 Å². The highest BCUT2D eigenvalue weighted by molar-refractivity contribution is 7.89. The van der Waals surface area contributed by atoms with Crippen molar-refractivity contribution in [3.63, 3.8) is 0 Å². The van der Waals surface area contributed by atoms with E-state index in [2.05, 4.69) is 10.0 Å². The lowest BCUT2D eigenvalue weighted by Crippen LogP contribution is -2.32. The Hall–Kier alpha value is -1.11. The summed E-state index contributed by atoms with van der Waals surface area (Å²) in [5.41, 5.74) is 2.40. The van der Waals surface area contributed by atoms with Crippen LogP contribution in [-0.4, -0.2) is 34.7 Å². The number of benzene rings is 1. The average Bonchev–Trinajstić information content (AvgIpc) is 2.88. The van der Waals surface area contributed by atoms with E-state index in [9.17, 15) is 8.42 Å². The highest BCUT2D eigenvalue weighted by Crippen LogP contribution is 2.24. The van der Waals surface area contributed by atoms with Gasteiger partial charge in [-0.2, -0.15) is 0 Å². The van der Waals surface area contributed by atoms with Gasteiger partial charge in [0.25, 0.3) is 0 Å². The molecule has 1 aromatic rings. The third-order valence-corrected chi connectivity index (χ3v) is 5.27. The van der Waals surface area contributed by atoms with Crippen LogP contribution in [0.15, 0.2) is 17.0 Å². The van der Waals surface area contributed by atoms with Crippen molar-refractivity contribution in [2.24, 2.45) is 0 Å². The molecule has 0 saturated carbocycles. The van der Waals surface area contributed by atoms with Crippen LogP contribution in [0.1, 0.15) is 24.0 Å². The molecular weight excluding hydrogens is 276 g/mol. The fourth-order valence-corrected chi connectivity index (χ4v) is 4.11. The standard InChI is InChI=1S/C14H22N2O3S/c1-10-7-12(15-3)8-11(2)14(10)20(17,18)16-9-13-5-4-6-19-13/h7-8,13,15-16H,4-6,9H2,1-3H3. The SMILES string of the molecule is CNc1cc(C)c(S(=O)(=O)NCC2CCCO2)c(C)c1. The van der Waals surface area contributed by atoms with E-state index in [1.54, 1.807) is 0 Å². The first-order valence-corrected chi connectivity index (χ1v) is 8.32. The van der Waals surface area contributed by atoms with Crippen molar-refractivity contribution in [2.75, 3.05) is 25.5 Å². The maximum absolute atomic E-state index is 12.4. The molecule has 0 radical (unpaired) electrons. The molecule has 0 aromatic heterocycles. The number of nitrogens with one attached hydrogen (secondary N) is 2. The number of ether oxygens (including phenoxy) is 1. The molecule has 0 amide bonds. The van der Waals surface area contributed by atoms with Gasteiger partial charge < -0.3 is 10.1 Å². The molecule has 20 heavy (non-hydrogen) atoms. The van der Waals surface area contributed by atoms with Crippen LogP contribution in [0.25, 0.3) is 0 Å². The zero-order valence-corrected chi connectivity index (χ0v) is 13.0. The molecular formula is C14H22N2O3S. The molecule has 0 bridgehead atoms. The highest BCUT2D eigenvalue weighted by atomic mass is 32.2. The molecule has 0 spiro atoms. The first kappa shape index (κ1) is 15.3. The predicted octanol–water partition coefficient (Wildman–Crippen LogP) is 1.80. The third kappa shape index (κ3) is 3.31. The summed E-state index contributed by atoms with van der Waals surface area (Å²) in [6.07, 6.45) is 1.92. The topological polar surface area (TPSA) is 67.4 Å². The van der Waals surface area contributed by atoms with E-state index in [0.29, 0.717) is 11.4 Å². The summed E-state index contributed by atoms with van der Waals surface area (Å²) in [5, 5.41) is 3.03. The van der Waals surface area contributed by atoms with Crippen molar-refractivity contribution in [1.82, 2.24) is 4.72 Å². The van der Waals surface area contributed by atoms with Gasteiger partial charge in [0.1, 0.15) is 0 Å². The Morgan fingerprint density at radius 1 is 1.30 bits per heavy atom. The van der Waals surface area contributed by atoms with Crippen molar-refractivity contribution in [3.8, 4) is 0 Å². The number of anilines is 1. The molecule has 112 valence electrons. The van der Waals surface area contributed by atoms with E-state index < -0.39 is 10.0 Å². The fourth-order valence-electron chi connectivity index (χ4n) is 2.60. The van der Waals surface area contributed by atoms with Gasteiger partial charge in [0.15, 0.2) is 0 Å². The molecule has 1 aliphatic rings. The van der Waals surface area contributed by atoms with Crippen LogP contribution >= 0.6 is 0 Å². The monoisotopic (exact) mass is 298 g/mol. The van der Waals surface area contributed by atoms with Gasteiger partial charge in [-0.3, -0.25) is 0 Å².